The number of aliphatic hydroxyl groups excluding tert-OH is 1. The van der Waals surface area contributed by atoms with Crippen molar-refractivity contribution < 1.29 is 24.3 Å². The third kappa shape index (κ3) is 3.51. The van der Waals surface area contributed by atoms with Crippen LogP contribution in [0.1, 0.15) is 34.6 Å². The van der Waals surface area contributed by atoms with Gasteiger partial charge in [0.2, 0.25) is 0 Å². The van der Waals surface area contributed by atoms with Gasteiger partial charge in [-0.2, -0.15) is 0 Å². The highest BCUT2D eigenvalue weighted by Crippen LogP contribution is 2.25. The fourth-order valence-electron chi connectivity index (χ4n) is 2.09. The van der Waals surface area contributed by atoms with E-state index in [1.165, 1.54) is 31.0 Å². The van der Waals surface area contributed by atoms with Crippen molar-refractivity contribution in [1.82, 2.24) is 9.55 Å². The first kappa shape index (κ1) is 17.4. The van der Waals surface area contributed by atoms with Crippen molar-refractivity contribution in [3.8, 4) is 5.75 Å². The van der Waals surface area contributed by atoms with E-state index in [9.17, 15) is 20.0 Å². The number of imidazole rings is 1. The summed E-state index contributed by atoms with van der Waals surface area (Å²) in [5.41, 5.74) is 1.17. The first-order valence-corrected chi connectivity index (χ1v) is 7.03. The van der Waals surface area contributed by atoms with Gasteiger partial charge >= 0.3 is 11.9 Å². The van der Waals surface area contributed by atoms with Crippen LogP contribution in [0.2, 0.25) is 0 Å². The van der Waals surface area contributed by atoms with Crippen LogP contribution in [0.4, 0.5) is 5.95 Å². The molecule has 0 saturated heterocycles. The molecule has 0 saturated carbocycles. The van der Waals surface area contributed by atoms with Crippen molar-refractivity contribution >= 4 is 11.9 Å². The van der Waals surface area contributed by atoms with Gasteiger partial charge in [0.15, 0.2) is 5.69 Å². The van der Waals surface area contributed by atoms with E-state index in [0.717, 1.165) is 0 Å². The fraction of sp³-hybridized carbons (Fsp3) is 0.333. The van der Waals surface area contributed by atoms with Crippen molar-refractivity contribution in [2.24, 2.45) is 7.05 Å². The molecule has 24 heavy (non-hydrogen) atoms. The van der Waals surface area contributed by atoms with Crippen molar-refractivity contribution in [2.45, 2.75) is 19.6 Å². The quantitative estimate of drug-likeness (QED) is 0.485. The molecule has 0 aliphatic rings. The summed E-state index contributed by atoms with van der Waals surface area (Å²) in [5, 5.41) is 20.4. The number of nitro groups is 1. The molecule has 9 heteroatoms. The van der Waals surface area contributed by atoms with Crippen LogP contribution in [0.25, 0.3) is 0 Å². The van der Waals surface area contributed by atoms with E-state index in [-0.39, 0.29) is 23.9 Å². The van der Waals surface area contributed by atoms with E-state index in [1.54, 1.807) is 19.1 Å². The van der Waals surface area contributed by atoms with Crippen LogP contribution in [0.15, 0.2) is 24.4 Å². The number of carbonyl (C=O) groups is 1. The first-order chi connectivity index (χ1) is 11.3. The molecule has 0 aliphatic heterocycles. The van der Waals surface area contributed by atoms with Crippen LogP contribution in [0, 0.1) is 10.1 Å². The Morgan fingerprint density at radius 2 is 2.21 bits per heavy atom. The van der Waals surface area contributed by atoms with Gasteiger partial charge in [0, 0.05) is 0 Å². The third-order valence-corrected chi connectivity index (χ3v) is 3.49. The zero-order valence-corrected chi connectivity index (χ0v) is 13.4. The summed E-state index contributed by atoms with van der Waals surface area (Å²) in [6, 6.07) is 4.65. The lowest BCUT2D eigenvalue weighted by Crippen LogP contribution is -2.09. The SMILES string of the molecule is COC(=O)c1cc(C(C)O)ccc1OCc1cnc([N+](=O)[O-])n1C. The van der Waals surface area contributed by atoms with Crippen LogP contribution in [-0.4, -0.2) is 32.7 Å². The standard InChI is InChI=1S/C15H17N3O6/c1-9(19)10-4-5-13(12(6-10)14(20)23-3)24-8-11-7-16-15(17(11)2)18(21)22/h4-7,9,19H,8H2,1-3H3. The lowest BCUT2D eigenvalue weighted by molar-refractivity contribution is -0.396. The number of hydrogen-bond acceptors (Lipinski definition) is 7. The summed E-state index contributed by atoms with van der Waals surface area (Å²) in [7, 11) is 2.74. The molecule has 128 valence electrons. The van der Waals surface area contributed by atoms with Gasteiger partial charge in [-0.05, 0) is 29.5 Å². The summed E-state index contributed by atoms with van der Waals surface area (Å²) in [4.78, 5) is 25.8. The summed E-state index contributed by atoms with van der Waals surface area (Å²) < 4.78 is 11.6. The highest BCUT2D eigenvalue weighted by Gasteiger charge is 2.20. The molecular formula is C15H17N3O6. The van der Waals surface area contributed by atoms with Crippen LogP contribution >= 0.6 is 0 Å². The summed E-state index contributed by atoms with van der Waals surface area (Å²) in [6.07, 6.45) is 0.585. The number of aliphatic hydroxyl groups is 1. The van der Waals surface area contributed by atoms with E-state index >= 15 is 0 Å². The normalized spacial score (nSPS) is 11.8. The molecule has 1 unspecified atom stereocenters. The lowest BCUT2D eigenvalue weighted by atomic mass is 10.1. The van der Waals surface area contributed by atoms with Gasteiger partial charge in [0.1, 0.15) is 24.1 Å². The smallest absolute Gasteiger partial charge is 0.434 e. The largest absolute Gasteiger partial charge is 0.485 e. The van der Waals surface area contributed by atoms with Crippen LogP contribution in [0.3, 0.4) is 0 Å². The van der Waals surface area contributed by atoms with Gasteiger partial charge in [-0.25, -0.2) is 9.36 Å². The van der Waals surface area contributed by atoms with Gasteiger partial charge in [-0.3, -0.25) is 0 Å². The fourth-order valence-corrected chi connectivity index (χ4v) is 2.09. The van der Waals surface area contributed by atoms with Gasteiger partial charge in [0.05, 0.1) is 20.3 Å². The third-order valence-electron chi connectivity index (χ3n) is 3.49. The average Bonchev–Trinajstić information content (AvgIpc) is 2.92. The average molecular weight is 335 g/mol. The second-order valence-corrected chi connectivity index (χ2v) is 5.08. The maximum atomic E-state index is 11.9. The Labute approximate surface area is 137 Å². The summed E-state index contributed by atoms with van der Waals surface area (Å²) in [6.45, 7) is 1.56. The zero-order valence-electron chi connectivity index (χ0n) is 13.4. The number of nitrogens with zero attached hydrogens (tertiary/aromatic N) is 3. The molecule has 0 fully saturated rings. The highest BCUT2D eigenvalue weighted by atomic mass is 16.6. The molecule has 2 rings (SSSR count). The van der Waals surface area contributed by atoms with E-state index in [1.807, 2.05) is 0 Å². The Morgan fingerprint density at radius 3 is 2.75 bits per heavy atom. The number of aromatic nitrogens is 2. The monoisotopic (exact) mass is 335 g/mol. The molecule has 1 N–H and O–H groups in total. The molecule has 9 nitrogen and oxygen atoms in total. The van der Waals surface area contributed by atoms with Gasteiger partial charge in [-0.1, -0.05) is 11.1 Å². The predicted octanol–water partition coefficient (Wildman–Crippen LogP) is 1.75. The number of benzene rings is 1. The van der Waals surface area contributed by atoms with E-state index < -0.39 is 17.0 Å². The molecule has 0 spiro atoms. The maximum Gasteiger partial charge on any atom is 0.434 e. The lowest BCUT2D eigenvalue weighted by Gasteiger charge is -2.12. The molecule has 2 aromatic rings. The van der Waals surface area contributed by atoms with Crippen molar-refractivity contribution in [3.63, 3.8) is 0 Å². The van der Waals surface area contributed by atoms with Crippen LogP contribution in [-0.2, 0) is 18.4 Å². The van der Waals surface area contributed by atoms with Crippen LogP contribution in [0.5, 0.6) is 5.75 Å². The minimum Gasteiger partial charge on any atom is -0.485 e. The van der Waals surface area contributed by atoms with Gasteiger partial charge in [-0.15, -0.1) is 0 Å². The Kier molecular flexibility index (Phi) is 5.14. The molecule has 1 atom stereocenters. The minimum atomic E-state index is -0.748. The van der Waals surface area contributed by atoms with Gasteiger partial charge in [0.25, 0.3) is 0 Å². The number of carbonyl (C=O) groups excluding carboxylic acids is 1. The van der Waals surface area contributed by atoms with E-state index in [4.69, 9.17) is 9.47 Å². The predicted molar refractivity (Wildman–Crippen MR) is 82.6 cm³/mol. The first-order valence-electron chi connectivity index (χ1n) is 7.03. The second kappa shape index (κ2) is 7.09. The maximum absolute atomic E-state index is 11.9. The number of methoxy groups -OCH3 is 1. The molecule has 0 radical (unpaired) electrons. The van der Waals surface area contributed by atoms with E-state index in [2.05, 4.69) is 4.98 Å². The number of esters is 1. The van der Waals surface area contributed by atoms with Crippen molar-refractivity contribution in [2.75, 3.05) is 7.11 Å². The van der Waals surface area contributed by atoms with Crippen molar-refractivity contribution in [1.29, 1.82) is 0 Å². The Balaban J connectivity index is 2.26. The summed E-state index contributed by atoms with van der Waals surface area (Å²) in [5.74, 6) is -0.662. The Hall–Kier alpha value is -2.94. The molecule has 1 aromatic heterocycles. The highest BCUT2D eigenvalue weighted by molar-refractivity contribution is 5.92. The zero-order chi connectivity index (χ0) is 17.9. The summed E-state index contributed by atoms with van der Waals surface area (Å²) >= 11 is 0. The number of rotatable bonds is 6. The molecule has 1 aromatic carbocycles. The Bertz CT molecular complexity index is 769. The second-order valence-electron chi connectivity index (χ2n) is 5.08. The van der Waals surface area contributed by atoms with Crippen LogP contribution < -0.4 is 4.74 Å². The molecule has 0 aliphatic carbocycles. The molecular weight excluding hydrogens is 318 g/mol. The Morgan fingerprint density at radius 1 is 1.50 bits per heavy atom. The van der Waals surface area contributed by atoms with Crippen molar-refractivity contribution in [3.05, 3.63) is 51.3 Å². The minimum absolute atomic E-state index is 0.0185. The van der Waals surface area contributed by atoms with E-state index in [0.29, 0.717) is 11.3 Å². The number of ether oxygens (including phenoxy) is 2. The molecule has 1 heterocycles. The number of hydrogen-bond donors (Lipinski definition) is 1. The molecule has 0 bridgehead atoms. The topological polar surface area (TPSA) is 117 Å². The molecule has 0 amide bonds. The van der Waals surface area contributed by atoms with Gasteiger partial charge < -0.3 is 24.7 Å².